The second-order valence-corrected chi connectivity index (χ2v) is 6.81. The predicted molar refractivity (Wildman–Crippen MR) is 99.1 cm³/mol. The maximum atomic E-state index is 12.8. The van der Waals surface area contributed by atoms with Crippen LogP contribution in [0.4, 0.5) is 0 Å². The number of aromatic nitrogens is 1. The highest BCUT2D eigenvalue weighted by atomic mass is 16.5. The van der Waals surface area contributed by atoms with Crippen LogP contribution in [0.3, 0.4) is 0 Å². The highest BCUT2D eigenvalue weighted by molar-refractivity contribution is 5.93. The fraction of sp³-hybridized carbons (Fsp3) is 0.500. The molecule has 2 aromatic rings. The van der Waals surface area contributed by atoms with Gasteiger partial charge in [0, 0.05) is 24.7 Å². The van der Waals surface area contributed by atoms with Crippen LogP contribution in [0.2, 0.25) is 0 Å². The fourth-order valence-corrected chi connectivity index (χ4v) is 3.64. The highest BCUT2D eigenvalue weighted by Gasteiger charge is 2.23. The lowest BCUT2D eigenvalue weighted by atomic mass is 10.1. The zero-order valence-electron chi connectivity index (χ0n) is 15.2. The molecule has 0 radical (unpaired) electrons. The van der Waals surface area contributed by atoms with E-state index in [9.17, 15) is 9.59 Å². The van der Waals surface area contributed by atoms with Gasteiger partial charge in [-0.05, 0) is 51.4 Å². The molecule has 0 bridgehead atoms. The van der Waals surface area contributed by atoms with Crippen molar-refractivity contribution in [3.05, 3.63) is 45.7 Å². The van der Waals surface area contributed by atoms with Crippen LogP contribution < -0.4 is 5.43 Å². The normalized spacial score (nSPS) is 18.0. The van der Waals surface area contributed by atoms with E-state index in [-0.39, 0.29) is 17.6 Å². The number of carbonyl (C=O) groups excluding carboxylic acids is 1. The summed E-state index contributed by atoms with van der Waals surface area (Å²) in [6, 6.07) is 5.85. The minimum atomic E-state index is -0.536. The molecule has 0 aliphatic carbocycles. The van der Waals surface area contributed by atoms with Gasteiger partial charge in [-0.1, -0.05) is 18.6 Å². The molecule has 0 saturated carbocycles. The van der Waals surface area contributed by atoms with Gasteiger partial charge in [0.1, 0.15) is 5.56 Å². The van der Waals surface area contributed by atoms with Gasteiger partial charge in [0.2, 0.25) is 5.43 Å². The molecule has 1 fully saturated rings. The third kappa shape index (κ3) is 3.61. The van der Waals surface area contributed by atoms with Gasteiger partial charge >= 0.3 is 5.97 Å². The lowest BCUT2D eigenvalue weighted by Gasteiger charge is -2.18. The Labute approximate surface area is 148 Å². The summed E-state index contributed by atoms with van der Waals surface area (Å²) in [4.78, 5) is 27.4. The van der Waals surface area contributed by atoms with Crippen molar-refractivity contribution < 1.29 is 9.53 Å². The summed E-state index contributed by atoms with van der Waals surface area (Å²) < 4.78 is 7.15. The summed E-state index contributed by atoms with van der Waals surface area (Å²) in [6.45, 7) is 10.2. The Morgan fingerprint density at radius 1 is 1.32 bits per heavy atom. The van der Waals surface area contributed by atoms with E-state index in [1.165, 1.54) is 0 Å². The van der Waals surface area contributed by atoms with Crippen molar-refractivity contribution in [3.63, 3.8) is 0 Å². The zero-order valence-corrected chi connectivity index (χ0v) is 15.2. The third-order valence-electron chi connectivity index (χ3n) is 5.00. The van der Waals surface area contributed by atoms with Crippen molar-refractivity contribution in [1.29, 1.82) is 0 Å². The van der Waals surface area contributed by atoms with Crippen molar-refractivity contribution in [2.45, 2.75) is 33.7 Å². The number of aryl methyl sites for hydroxylation is 1. The first-order valence-electron chi connectivity index (χ1n) is 9.06. The van der Waals surface area contributed by atoms with E-state index in [0.717, 1.165) is 43.7 Å². The second kappa shape index (κ2) is 7.40. The summed E-state index contributed by atoms with van der Waals surface area (Å²) in [7, 11) is 0. The van der Waals surface area contributed by atoms with Gasteiger partial charge in [-0.25, -0.2) is 4.79 Å². The number of rotatable bonds is 5. The van der Waals surface area contributed by atoms with Gasteiger partial charge < -0.3 is 14.2 Å². The van der Waals surface area contributed by atoms with Crippen LogP contribution in [0.25, 0.3) is 10.9 Å². The van der Waals surface area contributed by atoms with Gasteiger partial charge in [-0.3, -0.25) is 4.79 Å². The molecule has 1 unspecified atom stereocenters. The zero-order chi connectivity index (χ0) is 18.0. The van der Waals surface area contributed by atoms with Crippen LogP contribution in [0.5, 0.6) is 0 Å². The molecule has 0 spiro atoms. The molecule has 134 valence electrons. The van der Waals surface area contributed by atoms with Gasteiger partial charge in [0.15, 0.2) is 0 Å². The quantitative estimate of drug-likeness (QED) is 0.784. The molecule has 1 aliphatic heterocycles. The summed E-state index contributed by atoms with van der Waals surface area (Å²) in [5.74, 6) is -0.00624. The molecule has 25 heavy (non-hydrogen) atoms. The average molecular weight is 342 g/mol. The number of fused-ring (bicyclic) bond motifs is 1. The Morgan fingerprint density at radius 2 is 2.12 bits per heavy atom. The summed E-state index contributed by atoms with van der Waals surface area (Å²) in [5.41, 5.74) is 1.79. The van der Waals surface area contributed by atoms with Gasteiger partial charge in [-0.2, -0.15) is 0 Å². The highest BCUT2D eigenvalue weighted by Crippen LogP contribution is 2.21. The van der Waals surface area contributed by atoms with E-state index in [0.29, 0.717) is 11.3 Å². The second-order valence-electron chi connectivity index (χ2n) is 6.81. The molecule has 1 saturated heterocycles. The molecule has 1 atom stereocenters. The van der Waals surface area contributed by atoms with Crippen LogP contribution in [0, 0.1) is 12.8 Å². The Hall–Kier alpha value is -2.14. The average Bonchev–Trinajstić information content (AvgIpc) is 3.05. The maximum Gasteiger partial charge on any atom is 0.343 e. The minimum absolute atomic E-state index is 0.130. The van der Waals surface area contributed by atoms with Gasteiger partial charge in [0.05, 0.1) is 12.1 Å². The lowest BCUT2D eigenvalue weighted by Crippen LogP contribution is -2.24. The van der Waals surface area contributed by atoms with E-state index in [4.69, 9.17) is 4.74 Å². The first kappa shape index (κ1) is 17.7. The predicted octanol–water partition coefficient (Wildman–Crippen LogP) is 2.83. The molecule has 5 heteroatoms. The fourth-order valence-electron chi connectivity index (χ4n) is 3.64. The Kier molecular flexibility index (Phi) is 5.23. The summed E-state index contributed by atoms with van der Waals surface area (Å²) >= 11 is 0. The first-order valence-corrected chi connectivity index (χ1v) is 9.06. The van der Waals surface area contributed by atoms with Gasteiger partial charge in [-0.15, -0.1) is 0 Å². The molecule has 0 amide bonds. The SMILES string of the molecule is CCOC(=O)c1cn(CC2CCN(CC)C2)c2ccc(C)cc2c1=O. The van der Waals surface area contributed by atoms with Gasteiger partial charge in [0.25, 0.3) is 0 Å². The molecule has 1 aliphatic rings. The first-order chi connectivity index (χ1) is 12.0. The van der Waals surface area contributed by atoms with Crippen LogP contribution in [0.1, 0.15) is 36.2 Å². The van der Waals surface area contributed by atoms with Crippen molar-refractivity contribution in [2.75, 3.05) is 26.2 Å². The Balaban J connectivity index is 2.05. The Morgan fingerprint density at radius 3 is 2.80 bits per heavy atom. The van der Waals surface area contributed by atoms with E-state index in [2.05, 4.69) is 16.4 Å². The van der Waals surface area contributed by atoms with Crippen LogP contribution >= 0.6 is 0 Å². The number of likely N-dealkylation sites (tertiary alicyclic amines) is 1. The third-order valence-corrected chi connectivity index (χ3v) is 5.00. The molecule has 1 aromatic carbocycles. The maximum absolute atomic E-state index is 12.8. The number of esters is 1. The molecule has 1 aromatic heterocycles. The van der Waals surface area contributed by atoms with Crippen molar-refractivity contribution in [2.24, 2.45) is 5.92 Å². The van der Waals surface area contributed by atoms with Crippen molar-refractivity contribution in [1.82, 2.24) is 9.47 Å². The molecular weight excluding hydrogens is 316 g/mol. The Bertz CT molecular complexity index is 841. The smallest absolute Gasteiger partial charge is 0.343 e. The molecular formula is C20H26N2O3. The van der Waals surface area contributed by atoms with Crippen LogP contribution in [-0.4, -0.2) is 41.7 Å². The number of nitrogens with zero attached hydrogens (tertiary/aromatic N) is 2. The minimum Gasteiger partial charge on any atom is -0.462 e. The van der Waals surface area contributed by atoms with Crippen molar-refractivity contribution in [3.8, 4) is 0 Å². The molecule has 2 heterocycles. The van der Waals surface area contributed by atoms with Crippen LogP contribution in [-0.2, 0) is 11.3 Å². The molecule has 3 rings (SSSR count). The van der Waals surface area contributed by atoms with E-state index in [1.54, 1.807) is 13.1 Å². The van der Waals surface area contributed by atoms with Crippen LogP contribution in [0.15, 0.2) is 29.2 Å². The van der Waals surface area contributed by atoms with E-state index >= 15 is 0 Å². The summed E-state index contributed by atoms with van der Waals surface area (Å²) in [6.07, 6.45) is 2.83. The lowest BCUT2D eigenvalue weighted by molar-refractivity contribution is 0.0524. The number of benzene rings is 1. The van der Waals surface area contributed by atoms with E-state index in [1.807, 2.05) is 25.1 Å². The summed E-state index contributed by atoms with van der Waals surface area (Å²) in [5, 5.41) is 0.593. The molecule has 5 nitrogen and oxygen atoms in total. The topological polar surface area (TPSA) is 51.5 Å². The molecule has 0 N–H and O–H groups in total. The number of pyridine rings is 1. The largest absolute Gasteiger partial charge is 0.462 e. The monoisotopic (exact) mass is 342 g/mol. The number of carbonyl (C=O) groups is 1. The number of hydrogen-bond donors (Lipinski definition) is 0. The van der Waals surface area contributed by atoms with Crippen molar-refractivity contribution >= 4 is 16.9 Å². The van der Waals surface area contributed by atoms with E-state index < -0.39 is 5.97 Å². The number of ether oxygens (including phenoxy) is 1. The standard InChI is InChI=1S/C20H26N2O3/c1-4-21-9-8-15(11-21)12-22-13-17(20(24)25-5-2)19(23)16-10-14(3)6-7-18(16)22/h6-7,10,13,15H,4-5,8-9,11-12H2,1-3H3. The number of hydrogen-bond acceptors (Lipinski definition) is 4.